The van der Waals surface area contributed by atoms with E-state index in [0.717, 1.165) is 16.5 Å². The number of fused-ring (bicyclic) bond motifs is 1. The summed E-state index contributed by atoms with van der Waals surface area (Å²) in [5.74, 6) is -1.60. The number of nitrogens with one attached hydrogen (secondary N) is 3. The highest BCUT2D eigenvalue weighted by Crippen LogP contribution is 2.27. The second-order valence-electron chi connectivity index (χ2n) is 7.02. The van der Waals surface area contributed by atoms with Crippen LogP contribution < -0.4 is 15.4 Å². The molecule has 2 amide bonds. The van der Waals surface area contributed by atoms with Crippen LogP contribution in [0.15, 0.2) is 72.9 Å². The first-order chi connectivity index (χ1) is 15.5. The molecule has 0 atom stereocenters. The molecule has 6 nitrogen and oxygen atoms in total. The van der Waals surface area contributed by atoms with Crippen molar-refractivity contribution in [2.45, 2.75) is 6.42 Å². The topological polar surface area (TPSA) is 83.2 Å². The van der Waals surface area contributed by atoms with Crippen LogP contribution in [0.1, 0.15) is 5.56 Å². The number of rotatable bonds is 7. The number of carbonyl (C=O) groups excluding carboxylic acids is 2. The zero-order valence-corrected chi connectivity index (χ0v) is 17.6. The maximum atomic E-state index is 13.8. The van der Waals surface area contributed by atoms with Gasteiger partial charge in [0.15, 0.2) is 18.2 Å². The summed E-state index contributed by atoms with van der Waals surface area (Å²) in [7, 11) is 0. The van der Waals surface area contributed by atoms with Crippen molar-refractivity contribution in [1.82, 2.24) is 4.98 Å². The van der Waals surface area contributed by atoms with Gasteiger partial charge in [-0.3, -0.25) is 9.59 Å². The van der Waals surface area contributed by atoms with E-state index in [2.05, 4.69) is 15.6 Å². The minimum absolute atomic E-state index is 0.0720. The van der Waals surface area contributed by atoms with Crippen LogP contribution in [0.25, 0.3) is 10.9 Å². The molecule has 0 bridgehead atoms. The van der Waals surface area contributed by atoms with E-state index >= 15 is 0 Å². The Balaban J connectivity index is 1.40. The Kier molecular flexibility index (Phi) is 6.37. The Morgan fingerprint density at radius 2 is 1.59 bits per heavy atom. The van der Waals surface area contributed by atoms with Crippen molar-refractivity contribution in [2.75, 3.05) is 17.2 Å². The Labute approximate surface area is 188 Å². The number of para-hydroxylation sites is 4. The average molecular weight is 452 g/mol. The van der Waals surface area contributed by atoms with Gasteiger partial charge in [0.1, 0.15) is 0 Å². The molecule has 0 spiro atoms. The van der Waals surface area contributed by atoms with Crippen LogP contribution in [0.3, 0.4) is 0 Å². The summed E-state index contributed by atoms with van der Waals surface area (Å²) < 4.78 is 19.0. The van der Waals surface area contributed by atoms with Crippen LogP contribution in [0.2, 0.25) is 5.02 Å². The lowest BCUT2D eigenvalue weighted by atomic mass is 10.1. The monoisotopic (exact) mass is 451 g/mol. The highest BCUT2D eigenvalue weighted by Gasteiger charge is 2.14. The van der Waals surface area contributed by atoms with Crippen LogP contribution in [-0.2, 0) is 16.0 Å². The lowest BCUT2D eigenvalue weighted by Crippen LogP contribution is -2.22. The minimum atomic E-state index is -0.657. The lowest BCUT2D eigenvalue weighted by molar-refractivity contribution is -0.118. The van der Waals surface area contributed by atoms with Gasteiger partial charge in [0.25, 0.3) is 5.91 Å². The number of ether oxygens (including phenoxy) is 1. The number of H-pyrrole nitrogens is 1. The fraction of sp³-hybridized carbons (Fsp3) is 0.0833. The summed E-state index contributed by atoms with van der Waals surface area (Å²) in [6.07, 6.45) is 1.98. The third-order valence-electron chi connectivity index (χ3n) is 4.77. The number of aromatic amines is 1. The molecule has 0 radical (unpaired) electrons. The van der Waals surface area contributed by atoms with E-state index < -0.39 is 18.3 Å². The van der Waals surface area contributed by atoms with E-state index in [1.807, 2.05) is 30.5 Å². The minimum Gasteiger partial charge on any atom is -0.479 e. The SMILES string of the molecule is O=C(COc1c(F)cccc1Cl)Nc1ccccc1NC(=O)Cc1c[nH]c2ccccc12. The van der Waals surface area contributed by atoms with Gasteiger partial charge in [0.2, 0.25) is 5.91 Å². The molecule has 0 aliphatic rings. The van der Waals surface area contributed by atoms with Crippen molar-refractivity contribution >= 4 is 45.7 Å². The van der Waals surface area contributed by atoms with Crippen LogP contribution in [-0.4, -0.2) is 23.4 Å². The number of hydrogen-bond donors (Lipinski definition) is 3. The van der Waals surface area contributed by atoms with E-state index in [1.165, 1.54) is 18.2 Å². The maximum Gasteiger partial charge on any atom is 0.262 e. The molecule has 4 aromatic rings. The summed E-state index contributed by atoms with van der Waals surface area (Å²) in [6.45, 7) is -0.446. The molecule has 4 rings (SSSR count). The number of anilines is 2. The summed E-state index contributed by atoms with van der Waals surface area (Å²) in [5, 5.41) is 6.54. The first-order valence-electron chi connectivity index (χ1n) is 9.82. The molecule has 0 unspecified atom stereocenters. The molecule has 0 aliphatic heterocycles. The standard InChI is InChI=1S/C24H19ClFN3O3/c25-17-7-5-8-18(26)24(17)32-14-23(31)29-21-11-4-3-10-20(21)28-22(30)12-15-13-27-19-9-2-1-6-16(15)19/h1-11,13,27H,12,14H2,(H,28,30)(H,29,31). The van der Waals surface area contributed by atoms with Crippen molar-refractivity contribution in [3.05, 3.63) is 89.3 Å². The normalized spacial score (nSPS) is 10.7. The Hall–Kier alpha value is -3.84. The van der Waals surface area contributed by atoms with Crippen molar-refractivity contribution in [3.8, 4) is 5.75 Å². The van der Waals surface area contributed by atoms with Gasteiger partial charge in [0, 0.05) is 17.1 Å². The van der Waals surface area contributed by atoms with Crippen molar-refractivity contribution in [2.24, 2.45) is 0 Å². The smallest absolute Gasteiger partial charge is 0.262 e. The molecule has 32 heavy (non-hydrogen) atoms. The molecule has 3 N–H and O–H groups in total. The van der Waals surface area contributed by atoms with Gasteiger partial charge >= 0.3 is 0 Å². The van der Waals surface area contributed by atoms with Crippen LogP contribution in [0.4, 0.5) is 15.8 Å². The molecular weight excluding hydrogens is 433 g/mol. The average Bonchev–Trinajstić information content (AvgIpc) is 3.17. The fourth-order valence-corrected chi connectivity index (χ4v) is 3.51. The molecular formula is C24H19ClFN3O3. The van der Waals surface area contributed by atoms with Crippen LogP contribution in [0.5, 0.6) is 5.75 Å². The number of aromatic nitrogens is 1. The highest BCUT2D eigenvalue weighted by atomic mass is 35.5. The first-order valence-corrected chi connectivity index (χ1v) is 10.2. The third kappa shape index (κ3) is 4.90. The van der Waals surface area contributed by atoms with Crippen molar-refractivity contribution in [3.63, 3.8) is 0 Å². The molecule has 8 heteroatoms. The third-order valence-corrected chi connectivity index (χ3v) is 5.07. The van der Waals surface area contributed by atoms with Gasteiger partial charge in [-0.05, 0) is 35.9 Å². The Bertz CT molecular complexity index is 1270. The summed E-state index contributed by atoms with van der Waals surface area (Å²) in [4.78, 5) is 28.1. The number of carbonyl (C=O) groups is 2. The lowest BCUT2D eigenvalue weighted by Gasteiger charge is -2.13. The molecule has 0 saturated carbocycles. The molecule has 1 aromatic heterocycles. The summed E-state index contributed by atoms with van der Waals surface area (Å²) in [5.41, 5.74) is 2.66. The Morgan fingerprint density at radius 1 is 0.906 bits per heavy atom. The van der Waals surface area contributed by atoms with Gasteiger partial charge in [-0.2, -0.15) is 0 Å². The molecule has 0 fully saturated rings. The Morgan fingerprint density at radius 3 is 2.34 bits per heavy atom. The van der Waals surface area contributed by atoms with E-state index in [-0.39, 0.29) is 23.1 Å². The first kappa shape index (κ1) is 21.4. The molecule has 0 aliphatic carbocycles. The summed E-state index contributed by atoms with van der Waals surface area (Å²) in [6, 6.07) is 18.6. The zero-order chi connectivity index (χ0) is 22.5. The quantitative estimate of drug-likeness (QED) is 0.363. The molecule has 3 aromatic carbocycles. The maximum absolute atomic E-state index is 13.8. The second kappa shape index (κ2) is 9.53. The zero-order valence-electron chi connectivity index (χ0n) is 16.8. The van der Waals surface area contributed by atoms with Gasteiger partial charge in [-0.15, -0.1) is 0 Å². The number of halogens is 2. The number of benzene rings is 3. The molecule has 1 heterocycles. The number of hydrogen-bond acceptors (Lipinski definition) is 3. The van der Waals surface area contributed by atoms with Gasteiger partial charge in [0.05, 0.1) is 22.8 Å². The predicted octanol–water partition coefficient (Wildman–Crippen LogP) is 5.16. The van der Waals surface area contributed by atoms with Gasteiger partial charge in [-0.25, -0.2) is 4.39 Å². The van der Waals surface area contributed by atoms with Crippen LogP contribution in [0, 0.1) is 5.82 Å². The highest BCUT2D eigenvalue weighted by molar-refractivity contribution is 6.32. The van der Waals surface area contributed by atoms with E-state index in [9.17, 15) is 14.0 Å². The molecule has 162 valence electrons. The van der Waals surface area contributed by atoms with E-state index in [4.69, 9.17) is 16.3 Å². The van der Waals surface area contributed by atoms with Crippen molar-refractivity contribution < 1.29 is 18.7 Å². The predicted molar refractivity (Wildman–Crippen MR) is 123 cm³/mol. The van der Waals surface area contributed by atoms with Gasteiger partial charge < -0.3 is 20.4 Å². The second-order valence-corrected chi connectivity index (χ2v) is 7.42. The fourth-order valence-electron chi connectivity index (χ4n) is 3.29. The van der Waals surface area contributed by atoms with Crippen molar-refractivity contribution in [1.29, 1.82) is 0 Å². The van der Waals surface area contributed by atoms with E-state index in [1.54, 1.807) is 24.3 Å². The molecule has 0 saturated heterocycles. The van der Waals surface area contributed by atoms with Crippen LogP contribution >= 0.6 is 11.6 Å². The van der Waals surface area contributed by atoms with E-state index in [0.29, 0.717) is 11.4 Å². The largest absolute Gasteiger partial charge is 0.479 e. The van der Waals surface area contributed by atoms with Gasteiger partial charge in [-0.1, -0.05) is 48.0 Å². The number of amides is 2. The summed E-state index contributed by atoms with van der Waals surface area (Å²) >= 11 is 5.90.